The quantitative estimate of drug-likeness (QED) is 0.850. The molecule has 0 saturated heterocycles. The summed E-state index contributed by atoms with van der Waals surface area (Å²) in [7, 11) is 0. The molecule has 1 amide bonds. The molecule has 0 spiro atoms. The molecule has 7 heteroatoms. The number of carboxylic acids is 1. The van der Waals surface area contributed by atoms with E-state index >= 15 is 0 Å². The van der Waals surface area contributed by atoms with Crippen molar-refractivity contribution in [2.75, 3.05) is 13.1 Å². The third-order valence-electron chi connectivity index (χ3n) is 4.25. The molecular formula is C15H21N3O3S. The molecule has 120 valence electrons. The number of aliphatic carboxylic acids is 1. The number of aromatic nitrogens is 1. The Morgan fingerprint density at radius 1 is 1.36 bits per heavy atom. The Labute approximate surface area is 133 Å². The minimum atomic E-state index is -0.802. The van der Waals surface area contributed by atoms with Gasteiger partial charge in [-0.05, 0) is 12.8 Å². The Bertz CT molecular complexity index is 566. The van der Waals surface area contributed by atoms with Crippen LogP contribution in [-0.4, -0.2) is 46.0 Å². The molecule has 0 aromatic carbocycles. The van der Waals surface area contributed by atoms with Gasteiger partial charge in [0.2, 0.25) is 5.91 Å². The SMILES string of the molecule is O=C(O)CN1CCc2nc(CC(=O)NC3CCCC3)sc2C1. The van der Waals surface area contributed by atoms with E-state index in [-0.39, 0.29) is 12.5 Å². The van der Waals surface area contributed by atoms with Gasteiger partial charge in [0.1, 0.15) is 5.01 Å². The fraction of sp³-hybridized carbons (Fsp3) is 0.667. The number of carbonyl (C=O) groups excluding carboxylic acids is 1. The van der Waals surface area contributed by atoms with E-state index in [0.717, 1.165) is 41.4 Å². The van der Waals surface area contributed by atoms with Crippen molar-refractivity contribution in [2.45, 2.75) is 51.1 Å². The molecule has 1 aromatic rings. The van der Waals surface area contributed by atoms with Crippen molar-refractivity contribution in [2.24, 2.45) is 0 Å². The molecule has 3 rings (SSSR count). The van der Waals surface area contributed by atoms with Crippen LogP contribution in [0.4, 0.5) is 0 Å². The summed E-state index contributed by atoms with van der Waals surface area (Å²) in [6.07, 6.45) is 5.69. The summed E-state index contributed by atoms with van der Waals surface area (Å²) >= 11 is 1.55. The van der Waals surface area contributed by atoms with Crippen LogP contribution in [0.1, 0.15) is 41.3 Å². The molecule has 1 aromatic heterocycles. The number of nitrogens with zero attached hydrogens (tertiary/aromatic N) is 2. The smallest absolute Gasteiger partial charge is 0.317 e. The maximum atomic E-state index is 12.1. The summed E-state index contributed by atoms with van der Waals surface area (Å²) in [6.45, 7) is 1.41. The highest BCUT2D eigenvalue weighted by Gasteiger charge is 2.23. The topological polar surface area (TPSA) is 82.5 Å². The van der Waals surface area contributed by atoms with E-state index in [1.807, 2.05) is 4.90 Å². The van der Waals surface area contributed by atoms with E-state index in [1.165, 1.54) is 12.8 Å². The predicted molar refractivity (Wildman–Crippen MR) is 82.8 cm³/mol. The fourth-order valence-corrected chi connectivity index (χ4v) is 4.35. The molecular weight excluding hydrogens is 302 g/mol. The van der Waals surface area contributed by atoms with Gasteiger partial charge in [0, 0.05) is 30.4 Å². The Kier molecular flexibility index (Phi) is 4.73. The summed E-state index contributed by atoms with van der Waals surface area (Å²) in [5.41, 5.74) is 1.04. The first-order chi connectivity index (χ1) is 10.6. The minimum absolute atomic E-state index is 0.0559. The lowest BCUT2D eigenvalue weighted by molar-refractivity contribution is -0.138. The van der Waals surface area contributed by atoms with Gasteiger partial charge in [0.05, 0.1) is 18.7 Å². The highest BCUT2D eigenvalue weighted by Crippen LogP contribution is 2.25. The van der Waals surface area contributed by atoms with Gasteiger partial charge in [-0.2, -0.15) is 0 Å². The van der Waals surface area contributed by atoms with Crippen LogP contribution in [0.15, 0.2) is 0 Å². The first kappa shape index (κ1) is 15.4. The molecule has 0 bridgehead atoms. The second-order valence-electron chi connectivity index (χ2n) is 6.06. The number of hydrogen-bond acceptors (Lipinski definition) is 5. The minimum Gasteiger partial charge on any atom is -0.480 e. The normalized spacial score (nSPS) is 19.1. The van der Waals surface area contributed by atoms with Gasteiger partial charge >= 0.3 is 5.97 Å². The average molecular weight is 323 g/mol. The van der Waals surface area contributed by atoms with Crippen LogP contribution < -0.4 is 5.32 Å². The van der Waals surface area contributed by atoms with Gasteiger partial charge in [-0.25, -0.2) is 4.98 Å². The highest BCUT2D eigenvalue weighted by atomic mass is 32.1. The lowest BCUT2D eigenvalue weighted by Gasteiger charge is -2.23. The van der Waals surface area contributed by atoms with Crippen molar-refractivity contribution in [3.8, 4) is 0 Å². The van der Waals surface area contributed by atoms with E-state index < -0.39 is 5.97 Å². The number of thiazole rings is 1. The molecule has 6 nitrogen and oxygen atoms in total. The van der Waals surface area contributed by atoms with Gasteiger partial charge in [0.25, 0.3) is 0 Å². The van der Waals surface area contributed by atoms with Crippen LogP contribution in [0.25, 0.3) is 0 Å². The van der Waals surface area contributed by atoms with E-state index in [2.05, 4.69) is 10.3 Å². The van der Waals surface area contributed by atoms with Crippen molar-refractivity contribution in [3.05, 3.63) is 15.6 Å². The third kappa shape index (κ3) is 3.84. The van der Waals surface area contributed by atoms with Crippen LogP contribution in [0, 0.1) is 0 Å². The molecule has 22 heavy (non-hydrogen) atoms. The van der Waals surface area contributed by atoms with Crippen LogP contribution >= 0.6 is 11.3 Å². The maximum Gasteiger partial charge on any atom is 0.317 e. The van der Waals surface area contributed by atoms with Crippen LogP contribution in [0.2, 0.25) is 0 Å². The van der Waals surface area contributed by atoms with E-state index in [4.69, 9.17) is 5.11 Å². The summed E-state index contributed by atoms with van der Waals surface area (Å²) in [5, 5.41) is 12.8. The Balaban J connectivity index is 1.56. The van der Waals surface area contributed by atoms with Gasteiger partial charge < -0.3 is 10.4 Å². The van der Waals surface area contributed by atoms with Crippen molar-refractivity contribution in [3.63, 3.8) is 0 Å². The summed E-state index contributed by atoms with van der Waals surface area (Å²) in [6, 6.07) is 0.341. The lowest BCUT2D eigenvalue weighted by atomic mass is 10.2. The molecule has 0 radical (unpaired) electrons. The second kappa shape index (κ2) is 6.75. The number of nitrogens with one attached hydrogen (secondary N) is 1. The molecule has 0 atom stereocenters. The highest BCUT2D eigenvalue weighted by molar-refractivity contribution is 7.11. The summed E-state index contributed by atoms with van der Waals surface area (Å²) < 4.78 is 0. The number of carbonyl (C=O) groups is 2. The van der Waals surface area contributed by atoms with E-state index in [1.54, 1.807) is 11.3 Å². The number of carboxylic acid groups (broad SMARTS) is 1. The Morgan fingerprint density at radius 2 is 2.14 bits per heavy atom. The number of fused-ring (bicyclic) bond motifs is 1. The molecule has 2 aliphatic rings. The Morgan fingerprint density at radius 3 is 2.86 bits per heavy atom. The summed E-state index contributed by atoms with van der Waals surface area (Å²) in [4.78, 5) is 30.4. The molecule has 1 aliphatic heterocycles. The Hall–Kier alpha value is -1.47. The molecule has 2 heterocycles. The van der Waals surface area contributed by atoms with Crippen molar-refractivity contribution in [1.82, 2.24) is 15.2 Å². The zero-order valence-electron chi connectivity index (χ0n) is 12.5. The molecule has 0 unspecified atom stereocenters. The van der Waals surface area contributed by atoms with Crippen LogP contribution in [0.3, 0.4) is 0 Å². The molecule has 1 fully saturated rings. The first-order valence-electron chi connectivity index (χ1n) is 7.81. The van der Waals surface area contributed by atoms with Gasteiger partial charge in [-0.15, -0.1) is 11.3 Å². The molecule has 1 saturated carbocycles. The zero-order chi connectivity index (χ0) is 15.5. The largest absolute Gasteiger partial charge is 0.480 e. The second-order valence-corrected chi connectivity index (χ2v) is 7.23. The molecule has 2 N–H and O–H groups in total. The van der Waals surface area contributed by atoms with Crippen LogP contribution in [0.5, 0.6) is 0 Å². The molecule has 1 aliphatic carbocycles. The van der Waals surface area contributed by atoms with Gasteiger partial charge in [-0.3, -0.25) is 14.5 Å². The van der Waals surface area contributed by atoms with Crippen molar-refractivity contribution >= 4 is 23.2 Å². The number of hydrogen-bond donors (Lipinski definition) is 2. The predicted octanol–water partition coefficient (Wildman–Crippen LogP) is 1.19. The first-order valence-corrected chi connectivity index (χ1v) is 8.63. The third-order valence-corrected chi connectivity index (χ3v) is 5.33. The van der Waals surface area contributed by atoms with Crippen LogP contribution in [-0.2, 0) is 29.0 Å². The lowest BCUT2D eigenvalue weighted by Crippen LogP contribution is -2.34. The monoisotopic (exact) mass is 323 g/mol. The maximum absolute atomic E-state index is 12.1. The standard InChI is InChI=1S/C15H21N3O3S/c19-13(16-10-3-1-2-4-10)7-14-17-11-5-6-18(9-15(20)21)8-12(11)22-14/h10H,1-9H2,(H,16,19)(H,20,21). The fourth-order valence-electron chi connectivity index (χ4n) is 3.19. The average Bonchev–Trinajstić information content (AvgIpc) is 3.06. The zero-order valence-corrected chi connectivity index (χ0v) is 13.3. The van der Waals surface area contributed by atoms with E-state index in [0.29, 0.717) is 19.0 Å². The van der Waals surface area contributed by atoms with E-state index in [9.17, 15) is 9.59 Å². The van der Waals surface area contributed by atoms with Crippen molar-refractivity contribution < 1.29 is 14.7 Å². The number of rotatable bonds is 5. The van der Waals surface area contributed by atoms with Gasteiger partial charge in [0.15, 0.2) is 0 Å². The van der Waals surface area contributed by atoms with Crippen molar-refractivity contribution in [1.29, 1.82) is 0 Å². The number of amides is 1. The summed E-state index contributed by atoms with van der Waals surface area (Å²) in [5.74, 6) is -0.746. The van der Waals surface area contributed by atoms with Gasteiger partial charge in [-0.1, -0.05) is 12.8 Å².